The zero-order valence-corrected chi connectivity index (χ0v) is 14.9. The Balaban J connectivity index is 1.85. The summed E-state index contributed by atoms with van der Waals surface area (Å²) in [4.78, 5) is 23.5. The third kappa shape index (κ3) is 5.96. The molecule has 0 aliphatic heterocycles. The van der Waals surface area contributed by atoms with Gasteiger partial charge in [0.2, 0.25) is 5.91 Å². The van der Waals surface area contributed by atoms with Crippen molar-refractivity contribution in [3.8, 4) is 0 Å². The molecule has 0 saturated heterocycles. The van der Waals surface area contributed by atoms with Crippen molar-refractivity contribution in [3.05, 3.63) is 35.4 Å². The predicted molar refractivity (Wildman–Crippen MR) is 95.7 cm³/mol. The molecule has 1 aromatic carbocycles. The molecule has 132 valence electrons. The molecule has 1 atom stereocenters. The first-order valence-corrected chi connectivity index (χ1v) is 8.92. The fraction of sp³-hybridized carbons (Fsp3) is 0.579. The van der Waals surface area contributed by atoms with Gasteiger partial charge in [-0.25, -0.2) is 4.79 Å². The van der Waals surface area contributed by atoms with Gasteiger partial charge in [-0.15, -0.1) is 0 Å². The molecular weight excluding hydrogens is 302 g/mol. The van der Waals surface area contributed by atoms with Crippen molar-refractivity contribution in [2.45, 2.75) is 58.5 Å². The minimum atomic E-state index is -0.394. The second kappa shape index (κ2) is 8.83. The van der Waals surface area contributed by atoms with Crippen LogP contribution in [0.1, 0.15) is 57.2 Å². The molecule has 0 bridgehead atoms. The Labute approximate surface area is 144 Å². The van der Waals surface area contributed by atoms with Crippen LogP contribution in [-0.2, 0) is 11.2 Å². The molecule has 1 aliphatic carbocycles. The number of hydrogen-bond acceptors (Lipinski definition) is 3. The van der Waals surface area contributed by atoms with Gasteiger partial charge < -0.3 is 10.6 Å². The molecule has 24 heavy (non-hydrogen) atoms. The highest BCUT2D eigenvalue weighted by atomic mass is 16.2. The van der Waals surface area contributed by atoms with Crippen molar-refractivity contribution in [3.63, 3.8) is 0 Å². The van der Waals surface area contributed by atoms with Gasteiger partial charge in [0.05, 0.1) is 6.54 Å². The maximum atomic E-state index is 11.9. The molecular formula is C19H29N3O2. The van der Waals surface area contributed by atoms with Crippen molar-refractivity contribution >= 4 is 11.9 Å². The van der Waals surface area contributed by atoms with Crippen LogP contribution >= 0.6 is 0 Å². The Bertz CT molecular complexity index is 550. The van der Waals surface area contributed by atoms with Gasteiger partial charge in [-0.1, -0.05) is 51.5 Å². The van der Waals surface area contributed by atoms with Crippen LogP contribution in [0.3, 0.4) is 0 Å². The fourth-order valence-corrected chi connectivity index (χ4v) is 2.74. The van der Waals surface area contributed by atoms with E-state index in [4.69, 9.17) is 0 Å². The van der Waals surface area contributed by atoms with Crippen LogP contribution in [0.25, 0.3) is 0 Å². The molecule has 0 radical (unpaired) electrons. The summed E-state index contributed by atoms with van der Waals surface area (Å²) < 4.78 is 0. The van der Waals surface area contributed by atoms with E-state index in [1.165, 1.54) is 11.1 Å². The van der Waals surface area contributed by atoms with Crippen molar-refractivity contribution in [2.75, 3.05) is 6.54 Å². The molecule has 5 heteroatoms. The van der Waals surface area contributed by atoms with Crippen molar-refractivity contribution in [1.29, 1.82) is 0 Å². The molecule has 0 heterocycles. The highest BCUT2D eigenvalue weighted by Gasteiger charge is 2.24. The molecule has 0 spiro atoms. The molecule has 1 aromatic rings. The van der Waals surface area contributed by atoms with E-state index in [2.05, 4.69) is 61.0 Å². The number of benzene rings is 1. The smallest absolute Gasteiger partial charge is 0.321 e. The summed E-state index contributed by atoms with van der Waals surface area (Å²) in [5, 5.41) is 8.39. The number of urea groups is 1. The molecule has 5 nitrogen and oxygen atoms in total. The molecule has 1 aliphatic rings. The van der Waals surface area contributed by atoms with E-state index in [1.807, 2.05) is 0 Å². The first-order chi connectivity index (χ1) is 11.5. The lowest BCUT2D eigenvalue weighted by Gasteiger charge is -2.23. The van der Waals surface area contributed by atoms with E-state index >= 15 is 0 Å². The highest BCUT2D eigenvalue weighted by Crippen LogP contribution is 2.22. The van der Waals surface area contributed by atoms with E-state index in [0.717, 1.165) is 25.7 Å². The van der Waals surface area contributed by atoms with Crippen LogP contribution < -0.4 is 16.0 Å². The first-order valence-electron chi connectivity index (χ1n) is 8.92. The summed E-state index contributed by atoms with van der Waals surface area (Å²) in [7, 11) is 0. The molecule has 1 saturated carbocycles. The topological polar surface area (TPSA) is 70.2 Å². The van der Waals surface area contributed by atoms with Crippen molar-refractivity contribution in [2.24, 2.45) is 5.92 Å². The zero-order valence-electron chi connectivity index (χ0n) is 14.9. The minimum absolute atomic E-state index is 0.0814. The van der Waals surface area contributed by atoms with E-state index < -0.39 is 6.03 Å². The number of hydrogen-bond donors (Lipinski definition) is 3. The zero-order chi connectivity index (χ0) is 17.5. The van der Waals surface area contributed by atoms with E-state index in [9.17, 15) is 9.59 Å². The summed E-state index contributed by atoms with van der Waals surface area (Å²) in [6.45, 7) is 6.53. The van der Waals surface area contributed by atoms with E-state index in [-0.39, 0.29) is 24.5 Å². The predicted octanol–water partition coefficient (Wildman–Crippen LogP) is 2.91. The quantitative estimate of drug-likeness (QED) is 0.686. The van der Waals surface area contributed by atoms with Gasteiger partial charge >= 0.3 is 6.03 Å². The van der Waals surface area contributed by atoms with Crippen LogP contribution in [-0.4, -0.2) is 24.5 Å². The summed E-state index contributed by atoms with van der Waals surface area (Å²) in [6, 6.07) is 8.49. The lowest BCUT2D eigenvalue weighted by atomic mass is 9.94. The Hall–Kier alpha value is -1.88. The standard InChI is InChI=1S/C19H29N3O2/c1-4-5-14-6-8-15(9-7-14)18(13(2)3)20-12-17(23)22-19(24)21-16-10-11-16/h6-9,13,16,18,20H,4-5,10-12H2,1-3H3,(H2,21,22,23,24). The largest absolute Gasteiger partial charge is 0.335 e. The summed E-state index contributed by atoms with van der Waals surface area (Å²) in [5.41, 5.74) is 2.50. The number of nitrogens with one attached hydrogen (secondary N) is 3. The Kier molecular flexibility index (Phi) is 6.79. The first kappa shape index (κ1) is 18.5. The summed E-state index contributed by atoms with van der Waals surface area (Å²) in [6.07, 6.45) is 4.22. The molecule has 3 amide bonds. The van der Waals surface area contributed by atoms with Gasteiger partial charge in [-0.3, -0.25) is 10.1 Å². The third-order valence-electron chi connectivity index (χ3n) is 4.19. The van der Waals surface area contributed by atoms with Gasteiger partial charge in [0, 0.05) is 12.1 Å². The maximum Gasteiger partial charge on any atom is 0.321 e. The minimum Gasteiger partial charge on any atom is -0.335 e. The number of aryl methyl sites for hydroxylation is 1. The van der Waals surface area contributed by atoms with Crippen LogP contribution in [0.2, 0.25) is 0 Å². The van der Waals surface area contributed by atoms with E-state index in [1.54, 1.807) is 0 Å². The number of amides is 3. The monoisotopic (exact) mass is 331 g/mol. The van der Waals surface area contributed by atoms with Crippen LogP contribution in [0, 0.1) is 5.92 Å². The number of carbonyl (C=O) groups is 2. The SMILES string of the molecule is CCCc1ccc(C(NCC(=O)NC(=O)NC2CC2)C(C)C)cc1. The summed E-state index contributed by atoms with van der Waals surface area (Å²) >= 11 is 0. The average molecular weight is 331 g/mol. The van der Waals surface area contributed by atoms with Gasteiger partial charge in [0.25, 0.3) is 0 Å². The van der Waals surface area contributed by atoms with E-state index in [0.29, 0.717) is 5.92 Å². The van der Waals surface area contributed by atoms with Gasteiger partial charge in [0.1, 0.15) is 0 Å². The Morgan fingerprint density at radius 3 is 2.38 bits per heavy atom. The second-order valence-electron chi connectivity index (χ2n) is 6.89. The maximum absolute atomic E-state index is 11.9. The Morgan fingerprint density at radius 1 is 1.17 bits per heavy atom. The molecule has 1 unspecified atom stereocenters. The van der Waals surface area contributed by atoms with Gasteiger partial charge in [-0.2, -0.15) is 0 Å². The third-order valence-corrected chi connectivity index (χ3v) is 4.19. The molecule has 3 N–H and O–H groups in total. The van der Waals surface area contributed by atoms with Crippen molar-refractivity contribution < 1.29 is 9.59 Å². The average Bonchev–Trinajstić information content (AvgIpc) is 3.32. The number of rotatable bonds is 8. The highest BCUT2D eigenvalue weighted by molar-refractivity contribution is 5.95. The Morgan fingerprint density at radius 2 is 1.83 bits per heavy atom. The van der Waals surface area contributed by atoms with Crippen LogP contribution in [0.15, 0.2) is 24.3 Å². The fourth-order valence-electron chi connectivity index (χ4n) is 2.74. The summed E-state index contributed by atoms with van der Waals surface area (Å²) in [5.74, 6) is 0.0384. The lowest BCUT2D eigenvalue weighted by Crippen LogP contribution is -2.45. The molecule has 1 fully saturated rings. The van der Waals surface area contributed by atoms with Crippen LogP contribution in [0.4, 0.5) is 4.79 Å². The number of imide groups is 1. The van der Waals surface area contributed by atoms with Crippen LogP contribution in [0.5, 0.6) is 0 Å². The normalized spacial score (nSPS) is 15.2. The second-order valence-corrected chi connectivity index (χ2v) is 6.89. The lowest BCUT2D eigenvalue weighted by molar-refractivity contribution is -0.119. The van der Waals surface area contributed by atoms with Gasteiger partial charge in [0.15, 0.2) is 0 Å². The van der Waals surface area contributed by atoms with Gasteiger partial charge in [-0.05, 0) is 36.3 Å². The number of carbonyl (C=O) groups excluding carboxylic acids is 2. The van der Waals surface area contributed by atoms with Crippen molar-refractivity contribution in [1.82, 2.24) is 16.0 Å². The molecule has 0 aromatic heterocycles. The molecule has 2 rings (SSSR count).